The van der Waals surface area contributed by atoms with Crippen LogP contribution in [-0.2, 0) is 0 Å². The van der Waals surface area contributed by atoms with Crippen molar-refractivity contribution in [2.75, 3.05) is 7.05 Å². The van der Waals surface area contributed by atoms with Gasteiger partial charge in [-0.05, 0) is 61.6 Å². The summed E-state index contributed by atoms with van der Waals surface area (Å²) < 4.78 is 0. The number of pyridine rings is 1. The van der Waals surface area contributed by atoms with Gasteiger partial charge >= 0.3 is 0 Å². The van der Waals surface area contributed by atoms with Crippen LogP contribution >= 0.6 is 0 Å². The molecule has 1 amide bonds. The van der Waals surface area contributed by atoms with E-state index in [9.17, 15) is 4.79 Å². The van der Waals surface area contributed by atoms with Crippen molar-refractivity contribution in [3.05, 3.63) is 65.5 Å². The fourth-order valence-electron chi connectivity index (χ4n) is 3.17. The molecule has 2 atom stereocenters. The minimum Gasteiger partial charge on any atom is -0.339 e. The molecule has 1 aliphatic rings. The highest BCUT2D eigenvalue weighted by Gasteiger charge is 2.27. The van der Waals surface area contributed by atoms with E-state index in [-0.39, 0.29) is 5.91 Å². The molecule has 1 aromatic heterocycles. The monoisotopic (exact) mass is 318 g/mol. The second kappa shape index (κ2) is 7.31. The van der Waals surface area contributed by atoms with Gasteiger partial charge in [0.15, 0.2) is 0 Å². The van der Waals surface area contributed by atoms with Gasteiger partial charge in [0, 0.05) is 42.2 Å². The maximum Gasteiger partial charge on any atom is 0.253 e. The SMILES string of the molecule is CC1CCC(N(C)C(=O)c2ccc(C#Cc3ccncc3)cc2)C1. The summed E-state index contributed by atoms with van der Waals surface area (Å²) in [6.45, 7) is 2.26. The van der Waals surface area contributed by atoms with Crippen LogP contribution in [0.4, 0.5) is 0 Å². The molecule has 122 valence electrons. The number of hydrogen-bond acceptors (Lipinski definition) is 2. The van der Waals surface area contributed by atoms with Crippen molar-refractivity contribution in [2.24, 2.45) is 5.92 Å². The van der Waals surface area contributed by atoms with Crippen LogP contribution < -0.4 is 0 Å². The number of amides is 1. The number of carbonyl (C=O) groups is 1. The molecule has 2 unspecified atom stereocenters. The van der Waals surface area contributed by atoms with Crippen molar-refractivity contribution < 1.29 is 4.79 Å². The summed E-state index contributed by atoms with van der Waals surface area (Å²) in [5.74, 6) is 7.03. The lowest BCUT2D eigenvalue weighted by Gasteiger charge is -2.24. The number of rotatable bonds is 2. The van der Waals surface area contributed by atoms with E-state index < -0.39 is 0 Å². The second-order valence-electron chi connectivity index (χ2n) is 6.55. The molecule has 0 spiro atoms. The first kappa shape index (κ1) is 16.3. The Bertz CT molecular complexity index is 756. The molecule has 0 saturated heterocycles. The van der Waals surface area contributed by atoms with Crippen molar-refractivity contribution in [3.63, 3.8) is 0 Å². The summed E-state index contributed by atoms with van der Waals surface area (Å²) in [6, 6.07) is 11.7. The zero-order chi connectivity index (χ0) is 16.9. The van der Waals surface area contributed by atoms with Crippen molar-refractivity contribution in [1.29, 1.82) is 0 Å². The van der Waals surface area contributed by atoms with Gasteiger partial charge in [0.25, 0.3) is 5.91 Å². The Morgan fingerprint density at radius 2 is 1.67 bits per heavy atom. The van der Waals surface area contributed by atoms with E-state index in [0.717, 1.165) is 35.4 Å². The summed E-state index contributed by atoms with van der Waals surface area (Å²) in [5, 5.41) is 0. The van der Waals surface area contributed by atoms with Crippen LogP contribution in [0.15, 0.2) is 48.8 Å². The zero-order valence-corrected chi connectivity index (χ0v) is 14.2. The highest BCUT2D eigenvalue weighted by atomic mass is 16.2. The first-order valence-electron chi connectivity index (χ1n) is 8.43. The summed E-state index contributed by atoms with van der Waals surface area (Å²) in [4.78, 5) is 18.5. The highest BCUT2D eigenvalue weighted by Crippen LogP contribution is 2.28. The summed E-state index contributed by atoms with van der Waals surface area (Å²) in [5.41, 5.74) is 2.56. The molecule has 0 bridgehead atoms. The molecule has 2 aromatic rings. The molecule has 3 heteroatoms. The smallest absolute Gasteiger partial charge is 0.253 e. The maximum absolute atomic E-state index is 12.6. The molecule has 1 heterocycles. The predicted molar refractivity (Wildman–Crippen MR) is 95.6 cm³/mol. The Hall–Kier alpha value is -2.60. The van der Waals surface area contributed by atoms with Crippen LogP contribution in [0.5, 0.6) is 0 Å². The Morgan fingerprint density at radius 3 is 2.25 bits per heavy atom. The van der Waals surface area contributed by atoms with Gasteiger partial charge in [-0.15, -0.1) is 0 Å². The van der Waals surface area contributed by atoms with Gasteiger partial charge in [-0.25, -0.2) is 0 Å². The summed E-state index contributed by atoms with van der Waals surface area (Å²) in [7, 11) is 1.92. The Morgan fingerprint density at radius 1 is 1.04 bits per heavy atom. The maximum atomic E-state index is 12.6. The first-order chi connectivity index (χ1) is 11.6. The van der Waals surface area contributed by atoms with Crippen molar-refractivity contribution in [2.45, 2.75) is 32.2 Å². The molecule has 1 aliphatic carbocycles. The number of aromatic nitrogens is 1. The van der Waals surface area contributed by atoms with Crippen molar-refractivity contribution in [3.8, 4) is 11.8 Å². The largest absolute Gasteiger partial charge is 0.339 e. The molecule has 24 heavy (non-hydrogen) atoms. The van der Waals surface area contributed by atoms with Gasteiger partial charge in [0.2, 0.25) is 0 Å². The van der Waals surface area contributed by atoms with Crippen LogP contribution in [0.2, 0.25) is 0 Å². The van der Waals surface area contributed by atoms with Gasteiger partial charge in [-0.3, -0.25) is 9.78 Å². The lowest BCUT2D eigenvalue weighted by molar-refractivity contribution is 0.0733. The minimum atomic E-state index is 0.0998. The summed E-state index contributed by atoms with van der Waals surface area (Å²) >= 11 is 0. The number of hydrogen-bond donors (Lipinski definition) is 0. The number of carbonyl (C=O) groups excluding carboxylic acids is 1. The van der Waals surface area contributed by atoms with Crippen LogP contribution in [-0.4, -0.2) is 28.9 Å². The average molecular weight is 318 g/mol. The topological polar surface area (TPSA) is 33.2 Å². The van der Waals surface area contributed by atoms with Crippen molar-refractivity contribution in [1.82, 2.24) is 9.88 Å². The molecule has 3 nitrogen and oxygen atoms in total. The first-order valence-corrected chi connectivity index (χ1v) is 8.43. The van der Waals surface area contributed by atoms with Crippen LogP contribution in [0.1, 0.15) is 47.7 Å². The lowest BCUT2D eigenvalue weighted by atomic mass is 10.1. The van der Waals surface area contributed by atoms with Crippen LogP contribution in [0.3, 0.4) is 0 Å². The van der Waals surface area contributed by atoms with Gasteiger partial charge in [0.05, 0.1) is 0 Å². The number of benzene rings is 1. The van der Waals surface area contributed by atoms with Gasteiger partial charge in [-0.2, -0.15) is 0 Å². The Balaban J connectivity index is 1.68. The van der Waals surface area contributed by atoms with E-state index >= 15 is 0 Å². The standard InChI is InChI=1S/C21H22N2O/c1-16-3-10-20(15-16)23(2)21(24)19-8-6-17(7-9-19)4-5-18-11-13-22-14-12-18/h6-9,11-14,16,20H,3,10,15H2,1-2H3. The van der Waals surface area contributed by atoms with Gasteiger partial charge in [0.1, 0.15) is 0 Å². The second-order valence-corrected chi connectivity index (χ2v) is 6.55. The van der Waals surface area contributed by atoms with E-state index in [4.69, 9.17) is 0 Å². The highest BCUT2D eigenvalue weighted by molar-refractivity contribution is 5.94. The lowest BCUT2D eigenvalue weighted by Crippen LogP contribution is -2.35. The van der Waals surface area contributed by atoms with E-state index in [0.29, 0.717) is 6.04 Å². The average Bonchev–Trinajstić information content (AvgIpc) is 3.06. The Labute approximate surface area is 143 Å². The third-order valence-electron chi connectivity index (χ3n) is 4.70. The molecule has 1 saturated carbocycles. The van der Waals surface area contributed by atoms with Crippen molar-refractivity contribution >= 4 is 5.91 Å². The number of nitrogens with zero attached hydrogens (tertiary/aromatic N) is 2. The minimum absolute atomic E-state index is 0.0998. The molecular weight excluding hydrogens is 296 g/mol. The molecule has 0 radical (unpaired) electrons. The molecule has 0 N–H and O–H groups in total. The predicted octanol–water partition coefficient (Wildman–Crippen LogP) is 3.74. The quantitative estimate of drug-likeness (QED) is 0.790. The third kappa shape index (κ3) is 3.83. The van der Waals surface area contributed by atoms with E-state index in [1.165, 1.54) is 6.42 Å². The fraction of sp³-hybridized carbons (Fsp3) is 0.333. The van der Waals surface area contributed by atoms with Crippen LogP contribution in [0.25, 0.3) is 0 Å². The van der Waals surface area contributed by atoms with Crippen LogP contribution in [0, 0.1) is 17.8 Å². The van der Waals surface area contributed by atoms with Gasteiger partial charge in [-0.1, -0.05) is 18.8 Å². The third-order valence-corrected chi connectivity index (χ3v) is 4.70. The molecule has 1 aromatic carbocycles. The molecule has 1 fully saturated rings. The van der Waals surface area contributed by atoms with E-state index in [2.05, 4.69) is 23.7 Å². The van der Waals surface area contributed by atoms with Gasteiger partial charge < -0.3 is 4.90 Å². The zero-order valence-electron chi connectivity index (χ0n) is 14.2. The van der Waals surface area contributed by atoms with E-state index in [1.54, 1.807) is 12.4 Å². The fourth-order valence-corrected chi connectivity index (χ4v) is 3.17. The normalized spacial score (nSPS) is 19.4. The molecule has 0 aliphatic heterocycles. The molecule has 3 rings (SSSR count). The summed E-state index contributed by atoms with van der Waals surface area (Å²) in [6.07, 6.45) is 6.89. The molecular formula is C21H22N2O. The Kier molecular flexibility index (Phi) is 4.96. The van der Waals surface area contributed by atoms with E-state index in [1.807, 2.05) is 48.3 Å².